The number of hydrogen-bond acceptors (Lipinski definition) is 19. The summed E-state index contributed by atoms with van der Waals surface area (Å²) in [6.45, 7) is 20.4. The van der Waals surface area contributed by atoms with Crippen molar-refractivity contribution in [3.05, 3.63) is 50.6 Å². The molecule has 0 radical (unpaired) electrons. The summed E-state index contributed by atoms with van der Waals surface area (Å²) in [4.78, 5) is 55.5. The predicted octanol–water partition coefficient (Wildman–Crippen LogP) is 3.03. The Balaban J connectivity index is -0.000000889. The molecular weight excluding hydrogens is 858 g/mol. The molecular formula is C41H87N9O15. The van der Waals surface area contributed by atoms with Crippen LogP contribution in [-0.2, 0) is 0 Å². The summed E-state index contributed by atoms with van der Waals surface area (Å²) in [5.74, 6) is 0. The van der Waals surface area contributed by atoms with E-state index in [0.717, 1.165) is 13.0 Å². The number of aliphatic hydroxyl groups excluding tert-OH is 5. The molecule has 10 N–H and O–H groups in total. The molecule has 1 saturated heterocycles. The lowest BCUT2D eigenvalue weighted by molar-refractivity contribution is -0.577. The van der Waals surface area contributed by atoms with Crippen LogP contribution in [0.15, 0.2) is 0 Å². The summed E-state index contributed by atoms with van der Waals surface area (Å²) in [6.07, 6.45) is 4.42. The molecule has 0 bridgehead atoms. The summed E-state index contributed by atoms with van der Waals surface area (Å²) < 4.78 is 0. The average Bonchev–Trinajstić information content (AvgIpc) is 3.24. The SMILES string of the molecule is CC(C)(N)CN.CCC(CO)(CCC(C)(C)CN1CCCC(CC)([N+](=O)[O-])C1)[N+](=O)[O-].CCC(CO)(CCC(C)(C)CNCC(CC)(CO)[N+](=O)[O-])[N+](=O)[O-].CCC(CO)(CO)[N+](=O)[O-]. The second-order valence-corrected chi connectivity index (χ2v) is 19.9. The maximum absolute atomic E-state index is 11.5. The minimum absolute atomic E-state index is 0.0323. The van der Waals surface area contributed by atoms with E-state index in [9.17, 15) is 65.9 Å². The lowest BCUT2D eigenvalue weighted by Crippen LogP contribution is -2.54. The number of nitrogens with zero attached hydrogens (tertiary/aromatic N) is 6. The van der Waals surface area contributed by atoms with E-state index in [4.69, 9.17) is 21.7 Å². The van der Waals surface area contributed by atoms with E-state index in [1.807, 2.05) is 48.5 Å². The molecule has 0 saturated carbocycles. The van der Waals surface area contributed by atoms with E-state index in [2.05, 4.69) is 10.2 Å². The van der Waals surface area contributed by atoms with Gasteiger partial charge in [-0.2, -0.15) is 0 Å². The van der Waals surface area contributed by atoms with Gasteiger partial charge in [-0.25, -0.2) is 0 Å². The fourth-order valence-corrected chi connectivity index (χ4v) is 6.81. The third kappa shape index (κ3) is 21.4. The van der Waals surface area contributed by atoms with Gasteiger partial charge in [-0.3, -0.25) is 55.5 Å². The Labute approximate surface area is 385 Å². The Hall–Kier alpha value is -3.36. The highest BCUT2D eigenvalue weighted by Crippen LogP contribution is 2.34. The van der Waals surface area contributed by atoms with Crippen molar-refractivity contribution in [2.75, 3.05) is 72.3 Å². The smallest absolute Gasteiger partial charge is 0.267 e. The van der Waals surface area contributed by atoms with Gasteiger partial charge in [0.1, 0.15) is 33.0 Å². The highest BCUT2D eigenvalue weighted by atomic mass is 16.7. The zero-order valence-corrected chi connectivity index (χ0v) is 41.2. The van der Waals surface area contributed by atoms with Crippen molar-refractivity contribution < 1.29 is 50.1 Å². The van der Waals surface area contributed by atoms with Gasteiger partial charge in [-0.1, -0.05) is 62.3 Å². The Morgan fingerprint density at radius 1 is 0.585 bits per heavy atom. The maximum Gasteiger partial charge on any atom is 0.267 e. The van der Waals surface area contributed by atoms with Crippen LogP contribution in [0, 0.1) is 61.4 Å². The molecule has 65 heavy (non-hydrogen) atoms. The largest absolute Gasteiger partial charge is 0.389 e. The molecule has 4 atom stereocenters. The minimum atomic E-state index is -1.54. The molecule has 1 aliphatic rings. The summed E-state index contributed by atoms with van der Waals surface area (Å²) in [7, 11) is 0. The van der Waals surface area contributed by atoms with Crippen molar-refractivity contribution in [2.45, 2.75) is 180 Å². The molecule has 1 fully saturated rings. The lowest BCUT2D eigenvalue weighted by atomic mass is 9.79. The van der Waals surface area contributed by atoms with Gasteiger partial charge in [0.25, 0.3) is 11.1 Å². The Morgan fingerprint density at radius 3 is 1.20 bits per heavy atom. The first-order chi connectivity index (χ1) is 29.8. The first kappa shape index (κ1) is 65.9. The van der Waals surface area contributed by atoms with Crippen LogP contribution in [-0.4, -0.2) is 161 Å². The Morgan fingerprint density at radius 2 is 0.938 bits per heavy atom. The molecule has 0 aliphatic carbocycles. The molecule has 0 aromatic heterocycles. The van der Waals surface area contributed by atoms with Crippen LogP contribution >= 0.6 is 0 Å². The van der Waals surface area contributed by atoms with Crippen molar-refractivity contribution in [1.29, 1.82) is 0 Å². The molecule has 0 aromatic carbocycles. The van der Waals surface area contributed by atoms with Gasteiger partial charge < -0.3 is 42.3 Å². The first-order valence-corrected chi connectivity index (χ1v) is 22.5. The number of nitro groups is 5. The summed E-state index contributed by atoms with van der Waals surface area (Å²) in [5.41, 5.74) is 3.43. The molecule has 0 aromatic rings. The number of nitrogens with two attached hydrogens (primary N) is 2. The molecule has 4 unspecified atom stereocenters. The van der Waals surface area contributed by atoms with Gasteiger partial charge in [0.15, 0.2) is 0 Å². The Bertz CT molecular complexity index is 1410. The van der Waals surface area contributed by atoms with Gasteiger partial charge in [0, 0.05) is 101 Å². The van der Waals surface area contributed by atoms with Crippen LogP contribution < -0.4 is 16.8 Å². The van der Waals surface area contributed by atoms with Gasteiger partial charge in [0.2, 0.25) is 16.6 Å². The highest BCUT2D eigenvalue weighted by Gasteiger charge is 2.47. The van der Waals surface area contributed by atoms with Crippen LogP contribution in [0.25, 0.3) is 0 Å². The van der Waals surface area contributed by atoms with E-state index in [1.54, 1.807) is 27.7 Å². The number of aliphatic hydroxyl groups is 5. The van der Waals surface area contributed by atoms with Gasteiger partial charge in [0.05, 0.1) is 13.1 Å². The van der Waals surface area contributed by atoms with Crippen molar-refractivity contribution >= 4 is 0 Å². The standard InChI is InChI=1S/C17H33N3O5.C15H31N3O6.C5H11NO4.C4H12N2/c1-5-16(19(22)23)8-7-11-18(13-16)12-15(3,4)9-10-17(6-2,14-21)20(24)25;1-5-14(11-19,17(21)22)8-7-13(3,4)9-16-10-15(6-2,12-20)18(23)24;1-2-5(3-7,4-8)6(9)10;1-4(2,6)3-5/h21H,5-14H2,1-4H3;16,19-20H,5-12H2,1-4H3;7-8H,2-4H2,1H3;3,5-6H2,1-2H3. The Kier molecular flexibility index (Phi) is 29.8. The van der Waals surface area contributed by atoms with Gasteiger partial charge >= 0.3 is 0 Å². The highest BCUT2D eigenvalue weighted by molar-refractivity contribution is 4.90. The second-order valence-electron chi connectivity index (χ2n) is 19.9. The molecule has 24 nitrogen and oxygen atoms in total. The zero-order valence-electron chi connectivity index (χ0n) is 41.2. The molecule has 1 heterocycles. The molecule has 0 spiro atoms. The molecule has 1 rings (SSSR count). The van der Waals surface area contributed by atoms with E-state index in [0.29, 0.717) is 58.3 Å². The number of rotatable bonds is 28. The van der Waals surface area contributed by atoms with Crippen LogP contribution in [0.1, 0.15) is 147 Å². The van der Waals surface area contributed by atoms with Gasteiger partial charge in [-0.15, -0.1) is 0 Å². The lowest BCUT2D eigenvalue weighted by Gasteiger charge is -2.40. The van der Waals surface area contributed by atoms with Crippen molar-refractivity contribution in [2.24, 2.45) is 22.3 Å². The van der Waals surface area contributed by atoms with Crippen LogP contribution in [0.3, 0.4) is 0 Å². The number of likely N-dealkylation sites (tertiary alicyclic amines) is 1. The van der Waals surface area contributed by atoms with E-state index < -0.39 is 75.5 Å². The molecule has 24 heteroatoms. The summed E-state index contributed by atoms with van der Waals surface area (Å²) in [5, 5.41) is 104. The topological polar surface area (TPSA) is 384 Å². The quantitative estimate of drug-likeness (QED) is 0.0413. The second kappa shape index (κ2) is 29.4. The predicted molar refractivity (Wildman–Crippen MR) is 247 cm³/mol. The monoisotopic (exact) mass is 946 g/mol. The van der Waals surface area contributed by atoms with E-state index >= 15 is 0 Å². The number of nitrogens with one attached hydrogen (secondary N) is 1. The molecule has 0 amide bonds. The van der Waals surface area contributed by atoms with Crippen LogP contribution in [0.5, 0.6) is 0 Å². The zero-order chi connectivity index (χ0) is 51.7. The van der Waals surface area contributed by atoms with Crippen molar-refractivity contribution in [1.82, 2.24) is 10.2 Å². The average molecular weight is 946 g/mol. The molecule has 1 aliphatic heterocycles. The summed E-state index contributed by atoms with van der Waals surface area (Å²) in [6, 6.07) is 0. The normalized spacial score (nSPS) is 18.7. The van der Waals surface area contributed by atoms with E-state index in [1.165, 1.54) is 0 Å². The van der Waals surface area contributed by atoms with Gasteiger partial charge in [-0.05, 0) is 50.5 Å². The van der Waals surface area contributed by atoms with Crippen molar-refractivity contribution in [3.63, 3.8) is 0 Å². The minimum Gasteiger partial charge on any atom is -0.389 e. The third-order valence-corrected chi connectivity index (χ3v) is 13.1. The maximum atomic E-state index is 11.5. The molecule has 386 valence electrons. The third-order valence-electron chi connectivity index (χ3n) is 13.1. The van der Waals surface area contributed by atoms with Crippen LogP contribution in [0.4, 0.5) is 0 Å². The van der Waals surface area contributed by atoms with E-state index in [-0.39, 0.29) is 64.9 Å². The summed E-state index contributed by atoms with van der Waals surface area (Å²) >= 11 is 0. The van der Waals surface area contributed by atoms with Crippen LogP contribution in [0.2, 0.25) is 0 Å². The number of hydrogen-bond donors (Lipinski definition) is 8. The number of piperidine rings is 1. The van der Waals surface area contributed by atoms with Crippen molar-refractivity contribution in [3.8, 4) is 0 Å². The fourth-order valence-electron chi connectivity index (χ4n) is 6.81. The first-order valence-electron chi connectivity index (χ1n) is 22.5. The fraction of sp³-hybridized carbons (Fsp3) is 1.00.